The van der Waals surface area contributed by atoms with Gasteiger partial charge in [-0.15, -0.1) is 0 Å². The van der Waals surface area contributed by atoms with Gasteiger partial charge in [0.1, 0.15) is 0 Å². The van der Waals surface area contributed by atoms with Crippen LogP contribution in [0.2, 0.25) is 0 Å². The molecule has 0 aliphatic heterocycles. The van der Waals surface area contributed by atoms with Crippen molar-refractivity contribution in [1.82, 2.24) is 0 Å². The summed E-state index contributed by atoms with van der Waals surface area (Å²) in [7, 11) is 0. The van der Waals surface area contributed by atoms with Crippen molar-refractivity contribution in [1.29, 1.82) is 0 Å². The summed E-state index contributed by atoms with van der Waals surface area (Å²) >= 11 is 8.81. The third kappa shape index (κ3) is 3.40. The van der Waals surface area contributed by atoms with Crippen LogP contribution in [0.3, 0.4) is 0 Å². The Morgan fingerprint density at radius 3 is 1.25 bits per heavy atom. The van der Waals surface area contributed by atoms with Crippen LogP contribution in [0.25, 0.3) is 0 Å². The fourth-order valence-corrected chi connectivity index (χ4v) is 13.0. The van der Waals surface area contributed by atoms with Crippen LogP contribution in [0, 0.1) is 0 Å². The van der Waals surface area contributed by atoms with Crippen LogP contribution in [0.15, 0.2) is 57.5 Å². The minimum absolute atomic E-state index is 1.14. The molecule has 0 amide bonds. The van der Waals surface area contributed by atoms with Crippen LogP contribution in [-0.2, 0) is 0 Å². The average Bonchev–Trinajstić information content (AvgIpc) is 2.30. The summed E-state index contributed by atoms with van der Waals surface area (Å²) in [5, 5.41) is 0. The van der Waals surface area contributed by atoms with Crippen molar-refractivity contribution in [3.8, 4) is 0 Å². The first-order chi connectivity index (χ1) is 7.66. The minimum atomic E-state index is -2.05. The van der Waals surface area contributed by atoms with Gasteiger partial charge >= 0.3 is 128 Å². The normalized spacial score (nSPS) is 10.2. The zero-order valence-corrected chi connectivity index (χ0v) is 17.6. The van der Waals surface area contributed by atoms with E-state index in [1.54, 1.807) is 0 Å². The number of hydrogen-bond donors (Lipinski definition) is 0. The molecule has 0 bridgehead atoms. The van der Waals surface area contributed by atoms with E-state index in [2.05, 4.69) is 92.4 Å². The number of halogens is 3. The topological polar surface area (TPSA) is 0 Å². The summed E-state index contributed by atoms with van der Waals surface area (Å²) in [4.78, 5) is 0. The third-order valence-electron chi connectivity index (χ3n) is 2.33. The summed E-state index contributed by atoms with van der Waals surface area (Å²) in [6.07, 6.45) is 0. The summed E-state index contributed by atoms with van der Waals surface area (Å²) < 4.78 is 5.23. The SMILES string of the molecule is Brc1cc[c]([Tl]([Br])[c]2ccc(Br)cc2)cc1. The molecule has 0 spiro atoms. The van der Waals surface area contributed by atoms with E-state index in [1.807, 2.05) is 0 Å². The molecule has 0 saturated heterocycles. The molecule has 16 heavy (non-hydrogen) atoms. The molecule has 0 atom stereocenters. The first-order valence-corrected chi connectivity index (χ1v) is 20.6. The Balaban J connectivity index is 2.28. The van der Waals surface area contributed by atoms with E-state index in [1.165, 1.54) is 6.25 Å². The Hall–Kier alpha value is 0.802. The van der Waals surface area contributed by atoms with Gasteiger partial charge in [0.25, 0.3) is 0 Å². The van der Waals surface area contributed by atoms with Gasteiger partial charge in [0, 0.05) is 0 Å². The molecule has 4 heteroatoms. The van der Waals surface area contributed by atoms with Crippen molar-refractivity contribution >= 4 is 70.4 Å². The van der Waals surface area contributed by atoms with Crippen molar-refractivity contribution in [2.24, 2.45) is 0 Å². The molecule has 2 aromatic carbocycles. The zero-order valence-electron chi connectivity index (χ0n) is 8.33. The quantitative estimate of drug-likeness (QED) is 0.465. The summed E-state index contributed by atoms with van der Waals surface area (Å²) in [5.41, 5.74) is 0. The van der Waals surface area contributed by atoms with Gasteiger partial charge in [-0.25, -0.2) is 0 Å². The predicted molar refractivity (Wildman–Crippen MR) is 82.2 cm³/mol. The number of hydrogen-bond acceptors (Lipinski definition) is 0. The Kier molecular flexibility index (Phi) is 5.06. The average molecular weight is 596 g/mol. The van der Waals surface area contributed by atoms with E-state index in [9.17, 15) is 0 Å². The molecular weight excluding hydrogens is 588 g/mol. The summed E-state index contributed by atoms with van der Waals surface area (Å²) in [6, 6.07) is 17.3. The van der Waals surface area contributed by atoms with Gasteiger partial charge in [0.15, 0.2) is 0 Å². The Morgan fingerprint density at radius 2 is 0.938 bits per heavy atom. The second-order valence-corrected chi connectivity index (χ2v) is 21.3. The monoisotopic (exact) mass is 594 g/mol. The van der Waals surface area contributed by atoms with Crippen molar-refractivity contribution in [3.05, 3.63) is 57.5 Å². The molecule has 0 aliphatic carbocycles. The van der Waals surface area contributed by atoms with Crippen molar-refractivity contribution in [3.63, 3.8) is 0 Å². The molecule has 0 saturated carbocycles. The van der Waals surface area contributed by atoms with Gasteiger partial charge in [0.05, 0.1) is 0 Å². The van der Waals surface area contributed by atoms with Crippen LogP contribution in [0.5, 0.6) is 0 Å². The van der Waals surface area contributed by atoms with Crippen molar-refractivity contribution < 1.29 is 0 Å². The maximum atomic E-state index is 3.93. The molecule has 0 N–H and O–H groups in total. The van der Waals surface area contributed by atoms with Gasteiger partial charge in [-0.05, 0) is 0 Å². The molecule has 80 valence electrons. The van der Waals surface area contributed by atoms with E-state index in [-0.39, 0.29) is 0 Å². The zero-order chi connectivity index (χ0) is 11.5. The van der Waals surface area contributed by atoms with E-state index < -0.39 is 20.3 Å². The van der Waals surface area contributed by atoms with Crippen molar-refractivity contribution in [2.45, 2.75) is 0 Å². The first kappa shape index (κ1) is 13.2. The predicted octanol–water partition coefficient (Wildman–Crippen LogP) is 3.71. The first-order valence-electron chi connectivity index (χ1n) is 4.82. The molecule has 0 fully saturated rings. The van der Waals surface area contributed by atoms with Gasteiger partial charge in [-0.1, -0.05) is 0 Å². The standard InChI is InChI=1S/2C6H4Br.BrH.Tl/c2*7-6-4-2-1-3-5-6;;/h2*2-5H;1H;/q;;;+1/p-1. The maximum absolute atomic E-state index is 3.93. The second-order valence-electron chi connectivity index (χ2n) is 3.47. The van der Waals surface area contributed by atoms with Crippen molar-refractivity contribution in [2.75, 3.05) is 0 Å². The van der Waals surface area contributed by atoms with Crippen LogP contribution in [0.4, 0.5) is 0 Å². The van der Waals surface area contributed by atoms with E-state index in [0.29, 0.717) is 0 Å². The van der Waals surface area contributed by atoms with Gasteiger partial charge in [-0.3, -0.25) is 0 Å². The summed E-state index contributed by atoms with van der Waals surface area (Å²) in [5.74, 6) is 0. The van der Waals surface area contributed by atoms with E-state index in [0.717, 1.165) is 8.95 Å². The molecule has 0 aromatic heterocycles. The van der Waals surface area contributed by atoms with Gasteiger partial charge in [0.2, 0.25) is 0 Å². The Morgan fingerprint density at radius 1 is 0.625 bits per heavy atom. The molecule has 2 rings (SSSR count). The molecule has 0 unspecified atom stereocenters. The fourth-order valence-electron chi connectivity index (χ4n) is 1.46. The third-order valence-corrected chi connectivity index (χ3v) is 20.2. The Labute approximate surface area is 126 Å². The van der Waals surface area contributed by atoms with Crippen LogP contribution >= 0.6 is 43.8 Å². The second kappa shape index (κ2) is 6.11. The molecule has 0 nitrogen and oxygen atoms in total. The van der Waals surface area contributed by atoms with E-state index >= 15 is 0 Å². The molecule has 2 aromatic rings. The van der Waals surface area contributed by atoms with Crippen LogP contribution in [0.1, 0.15) is 0 Å². The fraction of sp³-hybridized carbons (Fsp3) is 0. The number of rotatable bonds is 2. The molecule has 0 aliphatic rings. The molecule has 0 heterocycles. The summed E-state index contributed by atoms with van der Waals surface area (Å²) in [6.45, 7) is 0. The van der Waals surface area contributed by atoms with Gasteiger partial charge < -0.3 is 0 Å². The van der Waals surface area contributed by atoms with Crippen LogP contribution < -0.4 is 6.25 Å². The molecule has 0 radical (unpaired) electrons. The number of benzene rings is 2. The van der Waals surface area contributed by atoms with E-state index in [4.69, 9.17) is 0 Å². The van der Waals surface area contributed by atoms with Crippen LogP contribution in [-0.4, -0.2) is 20.3 Å². The molecular formula is C12H8Br3Tl. The van der Waals surface area contributed by atoms with Gasteiger partial charge in [-0.2, -0.15) is 0 Å². The Bertz CT molecular complexity index is 419.